The Bertz CT molecular complexity index is 1110. The third-order valence-corrected chi connectivity index (χ3v) is 5.27. The average Bonchev–Trinajstić information content (AvgIpc) is 3.20. The fraction of sp³-hybridized carbons (Fsp3) is 0.100. The minimum atomic E-state index is -3.67. The van der Waals surface area contributed by atoms with E-state index in [9.17, 15) is 17.6 Å². The Kier molecular flexibility index (Phi) is 6.20. The molecule has 3 aromatic rings. The lowest BCUT2D eigenvalue weighted by Crippen LogP contribution is -2.23. The minimum absolute atomic E-state index is 0.0209. The zero-order chi connectivity index (χ0) is 20.9. The van der Waals surface area contributed by atoms with Crippen LogP contribution in [0.15, 0.2) is 76.7 Å². The van der Waals surface area contributed by atoms with Crippen LogP contribution in [-0.2, 0) is 21.4 Å². The predicted octanol–water partition coefficient (Wildman–Crippen LogP) is 3.30. The maximum absolute atomic E-state index is 13.0. The molecule has 0 fully saturated rings. The fourth-order valence-corrected chi connectivity index (χ4v) is 3.36. The molecule has 150 valence electrons. The lowest BCUT2D eigenvalue weighted by molar-refractivity contribution is 0.0439. The van der Waals surface area contributed by atoms with Gasteiger partial charge in [-0.25, -0.2) is 27.3 Å². The zero-order valence-electron chi connectivity index (χ0n) is 15.2. The Morgan fingerprint density at radius 2 is 1.86 bits per heavy atom. The van der Waals surface area contributed by atoms with Crippen LogP contribution in [-0.4, -0.2) is 25.9 Å². The van der Waals surface area contributed by atoms with E-state index in [1.54, 1.807) is 12.1 Å². The second kappa shape index (κ2) is 8.80. The van der Waals surface area contributed by atoms with E-state index in [4.69, 9.17) is 9.15 Å². The molecule has 2 aromatic carbocycles. The third-order valence-electron chi connectivity index (χ3n) is 3.83. The molecule has 0 saturated carbocycles. The van der Waals surface area contributed by atoms with Gasteiger partial charge in [0.05, 0.1) is 16.7 Å². The Labute approximate surface area is 166 Å². The van der Waals surface area contributed by atoms with Crippen molar-refractivity contribution in [2.24, 2.45) is 0 Å². The highest BCUT2D eigenvalue weighted by Gasteiger charge is 2.15. The normalized spacial score (nSPS) is 11.2. The van der Waals surface area contributed by atoms with E-state index in [2.05, 4.69) is 16.3 Å². The van der Waals surface area contributed by atoms with Gasteiger partial charge in [-0.15, -0.1) is 6.58 Å². The summed E-state index contributed by atoms with van der Waals surface area (Å²) in [5, 5.41) is 0. The maximum atomic E-state index is 13.0. The molecule has 0 radical (unpaired) electrons. The summed E-state index contributed by atoms with van der Waals surface area (Å²) in [7, 11) is -3.67. The number of nitrogens with zero attached hydrogens (tertiary/aromatic N) is 1. The molecule has 0 spiro atoms. The number of carbonyl (C=O) groups is 1. The lowest BCUT2D eigenvalue weighted by atomic mass is 10.2. The van der Waals surface area contributed by atoms with E-state index in [1.807, 2.05) is 0 Å². The van der Waals surface area contributed by atoms with Gasteiger partial charge in [0.1, 0.15) is 5.82 Å². The van der Waals surface area contributed by atoms with E-state index in [1.165, 1.54) is 48.7 Å². The van der Waals surface area contributed by atoms with Crippen molar-refractivity contribution in [3.05, 3.63) is 84.7 Å². The SMILES string of the molecule is C=CCNS(=O)(=O)c1ccc(C(=O)OCc2ncc(-c3ccc(F)cc3)o2)cc1. The second-order valence-corrected chi connectivity index (χ2v) is 7.63. The monoisotopic (exact) mass is 416 g/mol. The molecule has 1 N–H and O–H groups in total. The Balaban J connectivity index is 1.61. The molecule has 1 heterocycles. The van der Waals surface area contributed by atoms with Crippen molar-refractivity contribution in [1.82, 2.24) is 9.71 Å². The van der Waals surface area contributed by atoms with E-state index in [0.29, 0.717) is 11.3 Å². The molecule has 29 heavy (non-hydrogen) atoms. The van der Waals surface area contributed by atoms with Gasteiger partial charge in [0.15, 0.2) is 12.4 Å². The average molecular weight is 416 g/mol. The molecule has 7 nitrogen and oxygen atoms in total. The quantitative estimate of drug-likeness (QED) is 0.447. The summed E-state index contributed by atoms with van der Waals surface area (Å²) in [4.78, 5) is 16.2. The summed E-state index contributed by atoms with van der Waals surface area (Å²) in [5.74, 6) is -0.435. The first-order valence-electron chi connectivity index (χ1n) is 8.47. The molecule has 0 bridgehead atoms. The first kappa shape index (κ1) is 20.4. The number of rotatable bonds is 8. The zero-order valence-corrected chi connectivity index (χ0v) is 16.0. The summed E-state index contributed by atoms with van der Waals surface area (Å²) >= 11 is 0. The van der Waals surface area contributed by atoms with E-state index < -0.39 is 16.0 Å². The number of aromatic nitrogens is 1. The number of benzene rings is 2. The second-order valence-electron chi connectivity index (χ2n) is 5.87. The molecule has 0 aliphatic heterocycles. The highest BCUT2D eigenvalue weighted by molar-refractivity contribution is 7.89. The molecule has 0 atom stereocenters. The molecule has 1 aromatic heterocycles. The van der Waals surface area contributed by atoms with Crippen LogP contribution in [0.5, 0.6) is 0 Å². The smallest absolute Gasteiger partial charge is 0.338 e. The number of sulfonamides is 1. The van der Waals surface area contributed by atoms with Gasteiger partial charge in [0.2, 0.25) is 15.9 Å². The van der Waals surface area contributed by atoms with Crippen LogP contribution in [0, 0.1) is 5.82 Å². The van der Waals surface area contributed by atoms with Crippen molar-refractivity contribution < 1.29 is 26.8 Å². The molecule has 9 heteroatoms. The number of ether oxygens (including phenoxy) is 1. The van der Waals surface area contributed by atoms with Crippen molar-refractivity contribution >= 4 is 16.0 Å². The Morgan fingerprint density at radius 3 is 2.52 bits per heavy atom. The number of oxazole rings is 1. The van der Waals surface area contributed by atoms with Gasteiger partial charge in [-0.05, 0) is 48.5 Å². The lowest BCUT2D eigenvalue weighted by Gasteiger charge is -2.06. The van der Waals surface area contributed by atoms with Gasteiger partial charge in [0, 0.05) is 12.1 Å². The maximum Gasteiger partial charge on any atom is 0.338 e. The number of hydrogen-bond acceptors (Lipinski definition) is 6. The Morgan fingerprint density at radius 1 is 1.17 bits per heavy atom. The highest BCUT2D eigenvalue weighted by atomic mass is 32.2. The predicted molar refractivity (Wildman–Crippen MR) is 103 cm³/mol. The third kappa shape index (κ3) is 5.15. The molecule has 0 unspecified atom stereocenters. The van der Waals surface area contributed by atoms with E-state index >= 15 is 0 Å². The topological polar surface area (TPSA) is 98.5 Å². The summed E-state index contributed by atoms with van der Waals surface area (Å²) < 4.78 is 50.0. The van der Waals surface area contributed by atoms with Crippen LogP contribution >= 0.6 is 0 Å². The summed E-state index contributed by atoms with van der Waals surface area (Å²) in [6, 6.07) is 11.0. The van der Waals surface area contributed by atoms with E-state index in [-0.39, 0.29) is 35.3 Å². The van der Waals surface area contributed by atoms with Crippen molar-refractivity contribution in [1.29, 1.82) is 0 Å². The molecule has 0 aliphatic carbocycles. The van der Waals surface area contributed by atoms with Crippen LogP contribution in [0.2, 0.25) is 0 Å². The Hall–Kier alpha value is -3.30. The molecule has 0 aliphatic rings. The number of halogens is 1. The molecular formula is C20H17FN2O5S. The first-order chi connectivity index (χ1) is 13.9. The van der Waals surface area contributed by atoms with E-state index in [0.717, 1.165) is 0 Å². The van der Waals surface area contributed by atoms with Crippen molar-refractivity contribution in [2.75, 3.05) is 6.54 Å². The summed E-state index contributed by atoms with van der Waals surface area (Å²) in [6.45, 7) is 3.34. The standard InChI is InChI=1S/C20H17FN2O5S/c1-2-11-23-29(25,26)17-9-5-15(6-10-17)20(24)27-13-19-22-12-18(28-19)14-3-7-16(21)8-4-14/h2-10,12,23H,1,11,13H2. The van der Waals surface area contributed by atoms with Gasteiger partial charge in [0.25, 0.3) is 0 Å². The van der Waals surface area contributed by atoms with Crippen molar-refractivity contribution in [3.8, 4) is 11.3 Å². The van der Waals surface area contributed by atoms with Crippen molar-refractivity contribution in [3.63, 3.8) is 0 Å². The van der Waals surface area contributed by atoms with Gasteiger partial charge in [-0.2, -0.15) is 0 Å². The molecule has 3 rings (SSSR count). The van der Waals surface area contributed by atoms with Crippen LogP contribution in [0.1, 0.15) is 16.2 Å². The molecule has 0 amide bonds. The molecular weight excluding hydrogens is 399 g/mol. The van der Waals surface area contributed by atoms with Crippen LogP contribution in [0.3, 0.4) is 0 Å². The number of nitrogens with one attached hydrogen (secondary N) is 1. The summed E-state index contributed by atoms with van der Waals surface area (Å²) in [5.41, 5.74) is 0.816. The van der Waals surface area contributed by atoms with Gasteiger partial charge < -0.3 is 9.15 Å². The van der Waals surface area contributed by atoms with Crippen molar-refractivity contribution in [2.45, 2.75) is 11.5 Å². The van der Waals surface area contributed by atoms with Gasteiger partial charge in [-0.3, -0.25) is 0 Å². The summed E-state index contributed by atoms with van der Waals surface area (Å²) in [6.07, 6.45) is 2.87. The first-order valence-corrected chi connectivity index (χ1v) is 9.96. The number of esters is 1. The highest BCUT2D eigenvalue weighted by Crippen LogP contribution is 2.21. The van der Waals surface area contributed by atoms with Crippen LogP contribution < -0.4 is 4.72 Å². The fourth-order valence-electron chi connectivity index (χ4n) is 2.36. The van der Waals surface area contributed by atoms with Crippen LogP contribution in [0.25, 0.3) is 11.3 Å². The number of hydrogen-bond donors (Lipinski definition) is 1. The van der Waals surface area contributed by atoms with Gasteiger partial charge >= 0.3 is 5.97 Å². The van der Waals surface area contributed by atoms with Crippen LogP contribution in [0.4, 0.5) is 4.39 Å². The molecule has 0 saturated heterocycles. The largest absolute Gasteiger partial charge is 0.452 e. The number of carbonyl (C=O) groups excluding carboxylic acids is 1. The minimum Gasteiger partial charge on any atom is -0.452 e. The van der Waals surface area contributed by atoms with Gasteiger partial charge in [-0.1, -0.05) is 6.08 Å².